The number of rotatable bonds is 2. The molecular formula is C16H17BN4O. The fraction of sp³-hybridized carbons (Fsp3) is 0.188. The number of carbonyl (C=O) groups is 1. The first kappa shape index (κ1) is 14.3. The van der Waals surface area contributed by atoms with Crippen LogP contribution in [0.1, 0.15) is 12.5 Å². The van der Waals surface area contributed by atoms with Crippen molar-refractivity contribution in [3.05, 3.63) is 48.3 Å². The number of amides is 1. The Bertz CT molecular complexity index is 776. The van der Waals surface area contributed by atoms with E-state index < -0.39 is 5.54 Å². The van der Waals surface area contributed by atoms with Crippen molar-refractivity contribution in [3.8, 4) is 11.1 Å². The third kappa shape index (κ3) is 2.17. The molecule has 0 aliphatic carbocycles. The van der Waals surface area contributed by atoms with Gasteiger partial charge in [-0.1, -0.05) is 29.7 Å². The van der Waals surface area contributed by atoms with E-state index in [1.165, 1.54) is 4.90 Å². The van der Waals surface area contributed by atoms with Crippen molar-refractivity contribution in [3.63, 3.8) is 0 Å². The van der Waals surface area contributed by atoms with Gasteiger partial charge in [0.15, 0.2) is 5.96 Å². The molecule has 2 aromatic rings. The number of nitrogens with zero attached hydrogens (tertiary/aromatic N) is 2. The first-order chi connectivity index (χ1) is 10.4. The fourth-order valence-electron chi connectivity index (χ4n) is 2.73. The van der Waals surface area contributed by atoms with Gasteiger partial charge in [0.2, 0.25) is 0 Å². The molecule has 0 saturated carbocycles. The van der Waals surface area contributed by atoms with Crippen LogP contribution in [-0.4, -0.2) is 36.6 Å². The number of guanidine groups is 1. The van der Waals surface area contributed by atoms with E-state index in [1.807, 2.05) is 44.5 Å². The van der Waals surface area contributed by atoms with Gasteiger partial charge in [0.1, 0.15) is 13.4 Å². The number of pyridine rings is 1. The summed E-state index contributed by atoms with van der Waals surface area (Å²) in [6.45, 7) is 1.81. The Morgan fingerprint density at radius 2 is 2.05 bits per heavy atom. The lowest BCUT2D eigenvalue weighted by molar-refractivity contribution is -0.129. The molecule has 0 spiro atoms. The number of aromatic nitrogens is 1. The molecule has 5 nitrogen and oxygen atoms in total. The minimum Gasteiger partial charge on any atom is -0.338 e. The van der Waals surface area contributed by atoms with Gasteiger partial charge in [0.05, 0.1) is 0 Å². The molecule has 1 aromatic carbocycles. The third-order valence-electron chi connectivity index (χ3n) is 4.08. The summed E-state index contributed by atoms with van der Waals surface area (Å²) in [5, 5.41) is 10.8. The molecule has 1 fully saturated rings. The van der Waals surface area contributed by atoms with Crippen LogP contribution in [0.25, 0.3) is 11.1 Å². The van der Waals surface area contributed by atoms with E-state index in [0.29, 0.717) is 0 Å². The Kier molecular flexibility index (Phi) is 3.24. The average Bonchev–Trinajstić information content (AvgIpc) is 2.72. The Balaban J connectivity index is 2.05. The van der Waals surface area contributed by atoms with Crippen LogP contribution >= 0.6 is 0 Å². The molecule has 1 aliphatic rings. The fourth-order valence-corrected chi connectivity index (χ4v) is 2.73. The number of nitrogens with one attached hydrogen (secondary N) is 2. The molecule has 3 rings (SSSR count). The highest BCUT2D eigenvalue weighted by Gasteiger charge is 2.45. The monoisotopic (exact) mass is 292 g/mol. The minimum absolute atomic E-state index is 0.120. The highest BCUT2D eigenvalue weighted by atomic mass is 16.2. The predicted molar refractivity (Wildman–Crippen MR) is 88.8 cm³/mol. The van der Waals surface area contributed by atoms with Crippen molar-refractivity contribution in [1.82, 2.24) is 15.2 Å². The lowest BCUT2D eigenvalue weighted by Crippen LogP contribution is -2.40. The van der Waals surface area contributed by atoms with E-state index in [-0.39, 0.29) is 11.9 Å². The smallest absolute Gasteiger partial charge is 0.259 e. The van der Waals surface area contributed by atoms with Crippen LogP contribution in [0.3, 0.4) is 0 Å². The topological polar surface area (TPSA) is 69.1 Å². The van der Waals surface area contributed by atoms with Crippen LogP contribution in [0.2, 0.25) is 0 Å². The minimum atomic E-state index is -0.904. The predicted octanol–water partition coefficient (Wildman–Crippen LogP) is 0.219. The van der Waals surface area contributed by atoms with Crippen molar-refractivity contribution in [2.75, 3.05) is 7.05 Å². The molecule has 110 valence electrons. The second kappa shape index (κ2) is 4.98. The Morgan fingerprint density at radius 1 is 1.27 bits per heavy atom. The van der Waals surface area contributed by atoms with E-state index in [9.17, 15) is 4.79 Å². The van der Waals surface area contributed by atoms with Gasteiger partial charge in [-0.2, -0.15) is 0 Å². The van der Waals surface area contributed by atoms with Crippen LogP contribution in [-0.2, 0) is 10.3 Å². The van der Waals surface area contributed by atoms with E-state index >= 15 is 0 Å². The van der Waals surface area contributed by atoms with E-state index in [1.54, 1.807) is 14.0 Å². The molecule has 6 heteroatoms. The molecule has 1 aromatic heterocycles. The van der Waals surface area contributed by atoms with Gasteiger partial charge in [0.25, 0.3) is 5.91 Å². The van der Waals surface area contributed by atoms with Crippen molar-refractivity contribution >= 4 is 25.2 Å². The number of benzene rings is 1. The molecule has 0 radical (unpaired) electrons. The van der Waals surface area contributed by atoms with Gasteiger partial charge in [-0.05, 0) is 29.7 Å². The first-order valence-electron chi connectivity index (χ1n) is 7.09. The van der Waals surface area contributed by atoms with Crippen LogP contribution in [0, 0.1) is 5.41 Å². The van der Waals surface area contributed by atoms with Crippen molar-refractivity contribution in [1.29, 1.82) is 5.41 Å². The molecule has 2 heterocycles. The van der Waals surface area contributed by atoms with Crippen LogP contribution < -0.4 is 10.8 Å². The van der Waals surface area contributed by atoms with Crippen LogP contribution in [0.5, 0.6) is 0 Å². The van der Waals surface area contributed by atoms with Gasteiger partial charge < -0.3 is 5.32 Å². The maximum atomic E-state index is 12.5. The maximum absolute atomic E-state index is 12.5. The van der Waals surface area contributed by atoms with Crippen molar-refractivity contribution in [2.45, 2.75) is 12.5 Å². The largest absolute Gasteiger partial charge is 0.338 e. The standard InChI is InChI=1S/C16H17BN4O/c1-16(14(22)21(2)15(18)20-16)12-5-3-4-10(6-12)11-7-13(17)9-19-8-11/h3-9H,17H2,1-2H3,(H2,18,20). The Morgan fingerprint density at radius 3 is 2.68 bits per heavy atom. The lowest BCUT2D eigenvalue weighted by Gasteiger charge is -2.22. The van der Waals surface area contributed by atoms with Gasteiger partial charge in [-0.25, -0.2) is 0 Å². The van der Waals surface area contributed by atoms with Crippen LogP contribution in [0.15, 0.2) is 42.7 Å². The number of likely N-dealkylation sites (N-methyl/N-ethyl adjacent to an activating group) is 1. The highest BCUT2D eigenvalue weighted by molar-refractivity contribution is 6.32. The molecular weight excluding hydrogens is 275 g/mol. The van der Waals surface area contributed by atoms with Gasteiger partial charge in [-0.3, -0.25) is 20.1 Å². The summed E-state index contributed by atoms with van der Waals surface area (Å²) in [6, 6.07) is 9.87. The number of carbonyl (C=O) groups excluding carboxylic acids is 1. The summed E-state index contributed by atoms with van der Waals surface area (Å²) in [7, 11) is 3.61. The van der Waals surface area contributed by atoms with Gasteiger partial charge in [-0.15, -0.1) is 0 Å². The summed E-state index contributed by atoms with van der Waals surface area (Å²) in [5.74, 6) is -0.00728. The molecule has 2 N–H and O–H groups in total. The highest BCUT2D eigenvalue weighted by Crippen LogP contribution is 2.30. The zero-order valence-corrected chi connectivity index (χ0v) is 12.8. The molecule has 1 amide bonds. The third-order valence-corrected chi connectivity index (χ3v) is 4.08. The molecule has 1 atom stereocenters. The molecule has 1 aliphatic heterocycles. The number of hydrogen-bond acceptors (Lipinski definition) is 3. The zero-order valence-electron chi connectivity index (χ0n) is 12.8. The van der Waals surface area contributed by atoms with Gasteiger partial charge in [0, 0.05) is 19.4 Å². The van der Waals surface area contributed by atoms with Crippen LogP contribution in [0.4, 0.5) is 0 Å². The second-order valence-corrected chi connectivity index (χ2v) is 5.79. The summed E-state index contributed by atoms with van der Waals surface area (Å²) in [5.41, 5.74) is 3.04. The second-order valence-electron chi connectivity index (χ2n) is 5.79. The van der Waals surface area contributed by atoms with E-state index in [0.717, 1.165) is 22.2 Å². The summed E-state index contributed by atoms with van der Waals surface area (Å²) in [6.07, 6.45) is 3.62. The summed E-state index contributed by atoms with van der Waals surface area (Å²) in [4.78, 5) is 18.0. The van der Waals surface area contributed by atoms with Crippen molar-refractivity contribution in [2.24, 2.45) is 0 Å². The van der Waals surface area contributed by atoms with E-state index in [4.69, 9.17) is 5.41 Å². The molecule has 1 saturated heterocycles. The SMILES string of the molecule is Bc1cncc(-c2cccc(C3(C)NC(=N)N(C)C3=O)c2)c1. The van der Waals surface area contributed by atoms with Gasteiger partial charge >= 0.3 is 0 Å². The number of hydrogen-bond donors (Lipinski definition) is 2. The zero-order chi connectivity index (χ0) is 15.9. The lowest BCUT2D eigenvalue weighted by atomic mass is 9.89. The Hall–Kier alpha value is -2.63. The molecule has 0 bridgehead atoms. The molecule has 1 unspecified atom stereocenters. The normalized spacial score (nSPS) is 21.1. The van der Waals surface area contributed by atoms with E-state index in [2.05, 4.69) is 16.4 Å². The molecule has 22 heavy (non-hydrogen) atoms. The summed E-state index contributed by atoms with van der Waals surface area (Å²) < 4.78 is 0. The maximum Gasteiger partial charge on any atom is 0.259 e. The average molecular weight is 292 g/mol. The Labute approximate surface area is 130 Å². The first-order valence-corrected chi connectivity index (χ1v) is 7.09. The van der Waals surface area contributed by atoms with Crippen molar-refractivity contribution < 1.29 is 4.79 Å². The quantitative estimate of drug-likeness (QED) is 0.778. The summed E-state index contributed by atoms with van der Waals surface area (Å²) >= 11 is 0.